The Labute approximate surface area is 104 Å². The molecule has 0 radical (unpaired) electrons. The van der Waals surface area contributed by atoms with E-state index in [9.17, 15) is 4.79 Å². The molecule has 3 nitrogen and oxygen atoms in total. The molecule has 5 heteroatoms. The van der Waals surface area contributed by atoms with E-state index >= 15 is 0 Å². The van der Waals surface area contributed by atoms with Crippen LogP contribution < -0.4 is 11.1 Å². The standard InChI is InChI=1S/C11H12Cl2N2O/c12-8-4-3-5-9(13)10(8)11(16)15-7-2-1-6-14/h1-5H,6-7,14H2,(H,15,16)/b2-1+. The summed E-state index contributed by atoms with van der Waals surface area (Å²) in [6.45, 7) is 0.848. The maximum atomic E-state index is 11.7. The minimum absolute atomic E-state index is 0.294. The van der Waals surface area contributed by atoms with Crippen LogP contribution in [-0.2, 0) is 0 Å². The average Bonchev–Trinajstić information content (AvgIpc) is 2.24. The van der Waals surface area contributed by atoms with Crippen LogP contribution in [0.3, 0.4) is 0 Å². The SMILES string of the molecule is NC/C=C/CNC(=O)c1c(Cl)cccc1Cl. The number of hydrogen-bond acceptors (Lipinski definition) is 2. The lowest BCUT2D eigenvalue weighted by Gasteiger charge is -2.06. The topological polar surface area (TPSA) is 55.1 Å². The Bertz CT molecular complexity index is 385. The van der Waals surface area contributed by atoms with Crippen LogP contribution in [-0.4, -0.2) is 19.0 Å². The van der Waals surface area contributed by atoms with Gasteiger partial charge in [0.15, 0.2) is 0 Å². The molecule has 0 atom stereocenters. The monoisotopic (exact) mass is 258 g/mol. The lowest BCUT2D eigenvalue weighted by molar-refractivity contribution is 0.0958. The number of nitrogens with two attached hydrogens (primary N) is 1. The van der Waals surface area contributed by atoms with E-state index in [-0.39, 0.29) is 5.91 Å². The van der Waals surface area contributed by atoms with Crippen LogP contribution in [0.2, 0.25) is 10.0 Å². The second kappa shape index (κ2) is 6.53. The van der Waals surface area contributed by atoms with E-state index in [0.29, 0.717) is 28.7 Å². The first-order valence-electron chi connectivity index (χ1n) is 4.74. The molecule has 0 aliphatic heterocycles. The predicted octanol–water partition coefficient (Wildman–Crippen LogP) is 2.24. The summed E-state index contributed by atoms with van der Waals surface area (Å²) in [5, 5.41) is 3.35. The maximum absolute atomic E-state index is 11.7. The van der Waals surface area contributed by atoms with E-state index in [2.05, 4.69) is 5.32 Å². The summed E-state index contributed by atoms with van der Waals surface area (Å²) in [7, 11) is 0. The first-order valence-corrected chi connectivity index (χ1v) is 5.49. The van der Waals surface area contributed by atoms with Gasteiger partial charge in [0.2, 0.25) is 0 Å². The molecule has 0 heterocycles. The molecule has 3 N–H and O–H groups in total. The molecule has 1 rings (SSSR count). The Hall–Kier alpha value is -1.03. The number of nitrogens with one attached hydrogen (secondary N) is 1. The Morgan fingerprint density at radius 3 is 2.50 bits per heavy atom. The molecule has 0 aliphatic rings. The highest BCUT2D eigenvalue weighted by atomic mass is 35.5. The summed E-state index contributed by atoms with van der Waals surface area (Å²) < 4.78 is 0. The van der Waals surface area contributed by atoms with Crippen molar-refractivity contribution in [1.82, 2.24) is 5.32 Å². The predicted molar refractivity (Wildman–Crippen MR) is 67.0 cm³/mol. The third-order valence-corrected chi connectivity index (χ3v) is 2.50. The van der Waals surface area contributed by atoms with Gasteiger partial charge in [0.05, 0.1) is 15.6 Å². The highest BCUT2D eigenvalue weighted by molar-refractivity contribution is 6.39. The van der Waals surface area contributed by atoms with Crippen molar-refractivity contribution in [3.05, 3.63) is 46.0 Å². The number of hydrogen-bond donors (Lipinski definition) is 2. The van der Waals surface area contributed by atoms with Gasteiger partial charge in [0, 0.05) is 13.1 Å². The number of amides is 1. The molecule has 0 aliphatic carbocycles. The minimum Gasteiger partial charge on any atom is -0.348 e. The first-order chi connectivity index (χ1) is 7.66. The maximum Gasteiger partial charge on any atom is 0.254 e. The molecule has 0 fully saturated rings. The van der Waals surface area contributed by atoms with Crippen molar-refractivity contribution < 1.29 is 4.79 Å². The average molecular weight is 259 g/mol. The third-order valence-electron chi connectivity index (χ3n) is 1.87. The van der Waals surface area contributed by atoms with Gasteiger partial charge in [-0.1, -0.05) is 41.4 Å². The smallest absolute Gasteiger partial charge is 0.254 e. The van der Waals surface area contributed by atoms with Crippen molar-refractivity contribution >= 4 is 29.1 Å². The fraction of sp³-hybridized carbons (Fsp3) is 0.182. The fourth-order valence-corrected chi connectivity index (χ4v) is 1.70. The third kappa shape index (κ3) is 3.52. The fourth-order valence-electron chi connectivity index (χ4n) is 1.13. The molecule has 0 saturated heterocycles. The van der Waals surface area contributed by atoms with Crippen LogP contribution in [0.1, 0.15) is 10.4 Å². The van der Waals surface area contributed by atoms with Crippen molar-refractivity contribution in [3.8, 4) is 0 Å². The quantitative estimate of drug-likeness (QED) is 0.815. The highest BCUT2D eigenvalue weighted by Crippen LogP contribution is 2.23. The highest BCUT2D eigenvalue weighted by Gasteiger charge is 2.12. The molecule has 1 aromatic carbocycles. The van der Waals surface area contributed by atoms with Crippen molar-refractivity contribution in [2.24, 2.45) is 5.73 Å². The van der Waals surface area contributed by atoms with E-state index in [1.54, 1.807) is 30.4 Å². The van der Waals surface area contributed by atoms with E-state index in [0.717, 1.165) is 0 Å². The number of carbonyl (C=O) groups is 1. The normalized spacial score (nSPS) is 10.7. The van der Waals surface area contributed by atoms with E-state index in [1.807, 2.05) is 0 Å². The van der Waals surface area contributed by atoms with Crippen molar-refractivity contribution in [2.45, 2.75) is 0 Å². The number of halogens is 2. The van der Waals surface area contributed by atoms with Crippen molar-refractivity contribution in [2.75, 3.05) is 13.1 Å². The van der Waals surface area contributed by atoms with Crippen LogP contribution in [0, 0.1) is 0 Å². The Morgan fingerprint density at radius 2 is 1.94 bits per heavy atom. The summed E-state index contributed by atoms with van der Waals surface area (Å²) in [6, 6.07) is 4.94. The second-order valence-electron chi connectivity index (χ2n) is 3.01. The number of benzene rings is 1. The summed E-state index contributed by atoms with van der Waals surface area (Å²) in [6.07, 6.45) is 3.52. The van der Waals surface area contributed by atoms with Crippen LogP contribution in [0.25, 0.3) is 0 Å². The summed E-state index contributed by atoms with van der Waals surface area (Å²) in [5.41, 5.74) is 5.56. The molecule has 1 amide bonds. The lowest BCUT2D eigenvalue weighted by Crippen LogP contribution is -2.24. The Kier molecular flexibility index (Phi) is 5.32. The van der Waals surface area contributed by atoms with E-state index < -0.39 is 0 Å². The molecule has 0 bridgehead atoms. The zero-order valence-electron chi connectivity index (χ0n) is 8.54. The Balaban J connectivity index is 2.70. The molecule has 0 aromatic heterocycles. The Morgan fingerprint density at radius 1 is 1.31 bits per heavy atom. The zero-order valence-corrected chi connectivity index (χ0v) is 10.1. The van der Waals surface area contributed by atoms with Crippen molar-refractivity contribution in [1.29, 1.82) is 0 Å². The van der Waals surface area contributed by atoms with Gasteiger partial charge in [0.25, 0.3) is 5.91 Å². The largest absolute Gasteiger partial charge is 0.348 e. The summed E-state index contributed by atoms with van der Waals surface area (Å²) in [5.74, 6) is -0.294. The molecule has 1 aromatic rings. The van der Waals surface area contributed by atoms with Gasteiger partial charge in [-0.05, 0) is 12.1 Å². The molecule has 0 unspecified atom stereocenters. The van der Waals surface area contributed by atoms with E-state index in [1.165, 1.54) is 0 Å². The van der Waals surface area contributed by atoms with Crippen LogP contribution in [0.15, 0.2) is 30.4 Å². The molecule has 0 saturated carbocycles. The molecular weight excluding hydrogens is 247 g/mol. The first kappa shape index (κ1) is 13.0. The summed E-state index contributed by atoms with van der Waals surface area (Å²) in [4.78, 5) is 11.7. The van der Waals surface area contributed by atoms with Gasteiger partial charge >= 0.3 is 0 Å². The zero-order chi connectivity index (χ0) is 12.0. The van der Waals surface area contributed by atoms with Gasteiger partial charge in [-0.3, -0.25) is 4.79 Å². The van der Waals surface area contributed by atoms with Gasteiger partial charge in [-0.15, -0.1) is 0 Å². The van der Waals surface area contributed by atoms with Gasteiger partial charge in [-0.25, -0.2) is 0 Å². The number of carbonyl (C=O) groups excluding carboxylic acids is 1. The summed E-state index contributed by atoms with van der Waals surface area (Å²) >= 11 is 11.8. The van der Waals surface area contributed by atoms with Gasteiger partial charge in [0.1, 0.15) is 0 Å². The molecule has 16 heavy (non-hydrogen) atoms. The second-order valence-corrected chi connectivity index (χ2v) is 3.83. The molecule has 86 valence electrons. The van der Waals surface area contributed by atoms with Gasteiger partial charge < -0.3 is 11.1 Å². The lowest BCUT2D eigenvalue weighted by atomic mass is 10.2. The van der Waals surface area contributed by atoms with Crippen LogP contribution >= 0.6 is 23.2 Å². The number of rotatable bonds is 4. The van der Waals surface area contributed by atoms with E-state index in [4.69, 9.17) is 28.9 Å². The van der Waals surface area contributed by atoms with Crippen molar-refractivity contribution in [3.63, 3.8) is 0 Å². The molecular formula is C11H12Cl2N2O. The minimum atomic E-state index is -0.294. The molecule has 0 spiro atoms. The van der Waals surface area contributed by atoms with Gasteiger partial charge in [-0.2, -0.15) is 0 Å². The van der Waals surface area contributed by atoms with Crippen LogP contribution in [0.5, 0.6) is 0 Å². The van der Waals surface area contributed by atoms with Crippen LogP contribution in [0.4, 0.5) is 0 Å².